The second kappa shape index (κ2) is 6.79. The number of halogens is 1. The van der Waals surface area contributed by atoms with Gasteiger partial charge in [-0.1, -0.05) is 28.1 Å². The Balaban J connectivity index is 2.11. The lowest BCUT2D eigenvalue weighted by Crippen LogP contribution is -2.56. The third-order valence-electron chi connectivity index (χ3n) is 4.00. The summed E-state index contributed by atoms with van der Waals surface area (Å²) in [7, 11) is 0. The molecule has 3 N–H and O–H groups in total. The van der Waals surface area contributed by atoms with E-state index in [0.29, 0.717) is 13.1 Å². The van der Waals surface area contributed by atoms with Crippen molar-refractivity contribution in [2.75, 3.05) is 13.1 Å². The second-order valence-corrected chi connectivity index (χ2v) is 6.92. The number of amides is 2. The van der Waals surface area contributed by atoms with Crippen molar-refractivity contribution in [2.45, 2.75) is 38.3 Å². The predicted octanol–water partition coefficient (Wildman–Crippen LogP) is 1.75. The molecule has 2 atom stereocenters. The van der Waals surface area contributed by atoms with Gasteiger partial charge in [0.2, 0.25) is 11.8 Å². The SMILES string of the molecule is CC(=O)NC1CCCN(C(=O)C(C)(N)c2ccc(Br)cc2)C1. The van der Waals surface area contributed by atoms with E-state index in [1.807, 2.05) is 24.3 Å². The molecule has 0 spiro atoms. The van der Waals surface area contributed by atoms with Crippen LogP contribution in [-0.2, 0) is 15.1 Å². The molecule has 1 fully saturated rings. The highest BCUT2D eigenvalue weighted by Gasteiger charge is 2.36. The number of nitrogens with one attached hydrogen (secondary N) is 1. The number of benzene rings is 1. The average Bonchev–Trinajstić information content (AvgIpc) is 2.46. The van der Waals surface area contributed by atoms with Gasteiger partial charge in [-0.25, -0.2) is 0 Å². The lowest BCUT2D eigenvalue weighted by molar-refractivity contribution is -0.138. The summed E-state index contributed by atoms with van der Waals surface area (Å²) in [6.45, 7) is 4.43. The first-order chi connectivity index (χ1) is 10.3. The minimum Gasteiger partial charge on any atom is -0.352 e. The third-order valence-corrected chi connectivity index (χ3v) is 4.53. The molecule has 2 unspecified atom stereocenters. The van der Waals surface area contributed by atoms with Gasteiger partial charge in [-0.15, -0.1) is 0 Å². The van der Waals surface area contributed by atoms with Gasteiger partial charge < -0.3 is 16.0 Å². The minimum absolute atomic E-state index is 0.0101. The van der Waals surface area contributed by atoms with Gasteiger partial charge in [-0.05, 0) is 37.5 Å². The smallest absolute Gasteiger partial charge is 0.247 e. The lowest BCUT2D eigenvalue weighted by Gasteiger charge is -2.37. The van der Waals surface area contributed by atoms with Crippen molar-refractivity contribution in [3.63, 3.8) is 0 Å². The number of carbonyl (C=O) groups is 2. The van der Waals surface area contributed by atoms with Crippen LogP contribution in [0.15, 0.2) is 28.7 Å². The summed E-state index contributed by atoms with van der Waals surface area (Å²) < 4.78 is 0.947. The normalized spacial score (nSPS) is 21.1. The number of nitrogens with zero attached hydrogens (tertiary/aromatic N) is 1. The van der Waals surface area contributed by atoms with Crippen LogP contribution in [-0.4, -0.2) is 35.8 Å². The summed E-state index contributed by atoms with van der Waals surface area (Å²) in [4.78, 5) is 25.8. The molecule has 6 heteroatoms. The molecule has 0 saturated carbocycles. The van der Waals surface area contributed by atoms with Crippen LogP contribution in [0.5, 0.6) is 0 Å². The van der Waals surface area contributed by atoms with E-state index >= 15 is 0 Å². The zero-order valence-corrected chi connectivity index (χ0v) is 14.5. The predicted molar refractivity (Wildman–Crippen MR) is 89.1 cm³/mol. The fourth-order valence-corrected chi connectivity index (χ4v) is 3.08. The molecule has 1 saturated heterocycles. The molecule has 22 heavy (non-hydrogen) atoms. The van der Waals surface area contributed by atoms with E-state index in [0.717, 1.165) is 22.9 Å². The maximum Gasteiger partial charge on any atom is 0.247 e. The zero-order chi connectivity index (χ0) is 16.3. The number of piperidine rings is 1. The highest BCUT2D eigenvalue weighted by molar-refractivity contribution is 9.10. The molecule has 1 heterocycles. The molecule has 0 bridgehead atoms. The zero-order valence-electron chi connectivity index (χ0n) is 12.9. The number of hydrogen-bond acceptors (Lipinski definition) is 3. The third kappa shape index (κ3) is 3.87. The van der Waals surface area contributed by atoms with E-state index in [1.54, 1.807) is 11.8 Å². The Hall–Kier alpha value is -1.40. The van der Waals surface area contributed by atoms with Gasteiger partial charge in [0.1, 0.15) is 5.54 Å². The summed E-state index contributed by atoms with van der Waals surface area (Å²) in [5.74, 6) is -0.174. The molecular formula is C16H22BrN3O2. The monoisotopic (exact) mass is 367 g/mol. The molecule has 0 radical (unpaired) electrons. The quantitative estimate of drug-likeness (QED) is 0.854. The van der Waals surface area contributed by atoms with E-state index in [-0.39, 0.29) is 17.9 Å². The van der Waals surface area contributed by atoms with Crippen molar-refractivity contribution < 1.29 is 9.59 Å². The van der Waals surface area contributed by atoms with Crippen molar-refractivity contribution >= 4 is 27.7 Å². The Morgan fingerprint density at radius 1 is 1.36 bits per heavy atom. The van der Waals surface area contributed by atoms with Crippen molar-refractivity contribution in [3.8, 4) is 0 Å². The number of likely N-dealkylation sites (tertiary alicyclic amines) is 1. The summed E-state index contributed by atoms with van der Waals surface area (Å²) in [6.07, 6.45) is 1.76. The molecule has 1 aromatic rings. The first kappa shape index (κ1) is 17.0. The first-order valence-electron chi connectivity index (χ1n) is 7.42. The Morgan fingerprint density at radius 2 is 2.00 bits per heavy atom. The molecule has 120 valence electrons. The topological polar surface area (TPSA) is 75.4 Å². The number of rotatable bonds is 3. The van der Waals surface area contributed by atoms with Crippen LogP contribution in [0.3, 0.4) is 0 Å². The maximum absolute atomic E-state index is 12.8. The van der Waals surface area contributed by atoms with Crippen LogP contribution in [0.2, 0.25) is 0 Å². The van der Waals surface area contributed by atoms with Gasteiger partial charge in [0, 0.05) is 30.5 Å². The lowest BCUT2D eigenvalue weighted by atomic mass is 9.90. The maximum atomic E-state index is 12.8. The molecule has 0 aromatic heterocycles. The standard InChI is InChI=1S/C16H22BrN3O2/c1-11(21)19-14-4-3-9-20(10-14)15(22)16(2,18)12-5-7-13(17)8-6-12/h5-8,14H,3-4,9-10,18H2,1-2H3,(H,19,21). The van der Waals surface area contributed by atoms with Gasteiger partial charge in [0.25, 0.3) is 0 Å². The molecule has 2 amide bonds. The highest BCUT2D eigenvalue weighted by atomic mass is 79.9. The molecular weight excluding hydrogens is 346 g/mol. The summed E-state index contributed by atoms with van der Waals surface area (Å²) in [5.41, 5.74) is 6.02. The van der Waals surface area contributed by atoms with Crippen LogP contribution >= 0.6 is 15.9 Å². The molecule has 1 aromatic carbocycles. The molecule has 2 rings (SSSR count). The number of nitrogens with two attached hydrogens (primary N) is 1. The Morgan fingerprint density at radius 3 is 2.59 bits per heavy atom. The summed E-state index contributed by atoms with van der Waals surface area (Å²) in [5, 5.41) is 2.89. The Labute approximate surface area is 139 Å². The van der Waals surface area contributed by atoms with Crippen LogP contribution < -0.4 is 11.1 Å². The summed E-state index contributed by atoms with van der Waals surface area (Å²) in [6, 6.07) is 7.48. The van der Waals surface area contributed by atoms with E-state index in [2.05, 4.69) is 21.2 Å². The van der Waals surface area contributed by atoms with Gasteiger partial charge >= 0.3 is 0 Å². The fraction of sp³-hybridized carbons (Fsp3) is 0.500. The number of hydrogen-bond donors (Lipinski definition) is 2. The first-order valence-corrected chi connectivity index (χ1v) is 8.21. The van der Waals surface area contributed by atoms with E-state index in [1.165, 1.54) is 6.92 Å². The van der Waals surface area contributed by atoms with E-state index < -0.39 is 5.54 Å². The fourth-order valence-electron chi connectivity index (χ4n) is 2.81. The molecule has 5 nitrogen and oxygen atoms in total. The largest absolute Gasteiger partial charge is 0.352 e. The van der Waals surface area contributed by atoms with Gasteiger partial charge in [0.15, 0.2) is 0 Å². The van der Waals surface area contributed by atoms with Crippen LogP contribution in [0, 0.1) is 0 Å². The van der Waals surface area contributed by atoms with Gasteiger partial charge in [0.05, 0.1) is 0 Å². The Bertz CT molecular complexity index is 557. The second-order valence-electron chi connectivity index (χ2n) is 6.00. The van der Waals surface area contributed by atoms with Crippen molar-refractivity contribution in [3.05, 3.63) is 34.3 Å². The van der Waals surface area contributed by atoms with Crippen molar-refractivity contribution in [1.82, 2.24) is 10.2 Å². The summed E-state index contributed by atoms with van der Waals surface area (Å²) >= 11 is 3.38. The van der Waals surface area contributed by atoms with Crippen LogP contribution in [0.4, 0.5) is 0 Å². The van der Waals surface area contributed by atoms with Gasteiger partial charge in [-0.3, -0.25) is 9.59 Å². The van der Waals surface area contributed by atoms with E-state index in [9.17, 15) is 9.59 Å². The minimum atomic E-state index is -1.07. The van der Waals surface area contributed by atoms with Crippen molar-refractivity contribution in [2.24, 2.45) is 5.73 Å². The molecule has 0 aliphatic carbocycles. The van der Waals surface area contributed by atoms with Crippen molar-refractivity contribution in [1.29, 1.82) is 0 Å². The van der Waals surface area contributed by atoms with Gasteiger partial charge in [-0.2, -0.15) is 0 Å². The molecule has 1 aliphatic heterocycles. The average molecular weight is 368 g/mol. The Kier molecular flexibility index (Phi) is 5.24. The number of carbonyl (C=O) groups excluding carboxylic acids is 2. The van der Waals surface area contributed by atoms with Crippen LogP contribution in [0.1, 0.15) is 32.3 Å². The van der Waals surface area contributed by atoms with Crippen LogP contribution in [0.25, 0.3) is 0 Å². The molecule has 1 aliphatic rings. The van der Waals surface area contributed by atoms with E-state index in [4.69, 9.17) is 5.73 Å². The highest BCUT2D eigenvalue weighted by Crippen LogP contribution is 2.24.